The molecular weight excluding hydrogens is 218 g/mol. The molecule has 1 aromatic rings. The van der Waals surface area contributed by atoms with E-state index in [2.05, 4.69) is 31.3 Å². The number of aryl methyl sites for hydroxylation is 1. The van der Waals surface area contributed by atoms with E-state index in [-0.39, 0.29) is 0 Å². The van der Waals surface area contributed by atoms with Gasteiger partial charge in [-0.15, -0.1) is 0 Å². The van der Waals surface area contributed by atoms with E-state index < -0.39 is 0 Å². The summed E-state index contributed by atoms with van der Waals surface area (Å²) in [7, 11) is 0. The van der Waals surface area contributed by atoms with E-state index in [4.69, 9.17) is 11.6 Å². The minimum Gasteiger partial charge on any atom is -0.317 e. The summed E-state index contributed by atoms with van der Waals surface area (Å²) < 4.78 is 0. The van der Waals surface area contributed by atoms with Gasteiger partial charge < -0.3 is 5.32 Å². The Balaban J connectivity index is 2.13. The molecule has 0 aromatic heterocycles. The van der Waals surface area contributed by atoms with E-state index in [9.17, 15) is 0 Å². The number of rotatable bonds is 2. The van der Waals surface area contributed by atoms with Gasteiger partial charge in [0.2, 0.25) is 0 Å². The second kappa shape index (κ2) is 5.20. The van der Waals surface area contributed by atoms with Gasteiger partial charge in [-0.2, -0.15) is 0 Å². The molecule has 1 aliphatic rings. The Morgan fingerprint density at radius 2 is 1.94 bits per heavy atom. The fourth-order valence-electron chi connectivity index (χ4n) is 2.49. The molecule has 0 atom stereocenters. The zero-order chi connectivity index (χ0) is 11.5. The van der Waals surface area contributed by atoms with Gasteiger partial charge in [-0.3, -0.25) is 0 Å². The second-order valence-corrected chi connectivity index (χ2v) is 5.34. The molecule has 88 valence electrons. The molecule has 0 bridgehead atoms. The summed E-state index contributed by atoms with van der Waals surface area (Å²) in [6.07, 6.45) is 3.78. The van der Waals surface area contributed by atoms with Gasteiger partial charge >= 0.3 is 0 Å². The number of benzene rings is 1. The summed E-state index contributed by atoms with van der Waals surface area (Å²) in [6.45, 7) is 6.70. The Kier molecular flexibility index (Phi) is 3.88. The normalized spacial score (nSPS) is 17.7. The van der Waals surface area contributed by atoms with Crippen LogP contribution in [0.3, 0.4) is 0 Å². The van der Waals surface area contributed by atoms with Crippen LogP contribution in [0.15, 0.2) is 12.1 Å². The molecule has 0 amide bonds. The Morgan fingerprint density at radius 1 is 1.25 bits per heavy atom. The minimum atomic E-state index is 0.831. The highest BCUT2D eigenvalue weighted by molar-refractivity contribution is 6.30. The molecule has 1 saturated heterocycles. The van der Waals surface area contributed by atoms with Crippen LogP contribution in [-0.4, -0.2) is 13.1 Å². The van der Waals surface area contributed by atoms with Gasteiger partial charge in [0.25, 0.3) is 0 Å². The molecule has 1 nitrogen and oxygen atoms in total. The first-order valence-electron chi connectivity index (χ1n) is 6.13. The van der Waals surface area contributed by atoms with Crippen molar-refractivity contribution >= 4 is 11.6 Å². The quantitative estimate of drug-likeness (QED) is 0.830. The van der Waals surface area contributed by atoms with Gasteiger partial charge in [-0.1, -0.05) is 11.6 Å². The van der Waals surface area contributed by atoms with E-state index in [0.717, 1.165) is 10.9 Å². The molecular formula is C14H20ClN. The van der Waals surface area contributed by atoms with Crippen molar-refractivity contribution in [2.24, 2.45) is 5.92 Å². The van der Waals surface area contributed by atoms with Crippen LogP contribution < -0.4 is 5.32 Å². The minimum absolute atomic E-state index is 0.831. The fourth-order valence-corrected chi connectivity index (χ4v) is 2.79. The molecule has 1 heterocycles. The first-order chi connectivity index (χ1) is 7.66. The van der Waals surface area contributed by atoms with Gasteiger partial charge in [-0.05, 0) is 80.9 Å². The largest absolute Gasteiger partial charge is 0.317 e. The molecule has 0 aliphatic carbocycles. The van der Waals surface area contributed by atoms with Crippen molar-refractivity contribution in [3.63, 3.8) is 0 Å². The smallest absolute Gasteiger partial charge is 0.0411 e. The SMILES string of the molecule is Cc1cc(Cl)cc(CC2CCNCC2)c1C. The summed E-state index contributed by atoms with van der Waals surface area (Å²) in [6, 6.07) is 4.20. The maximum atomic E-state index is 6.13. The average molecular weight is 238 g/mol. The second-order valence-electron chi connectivity index (χ2n) is 4.90. The lowest BCUT2D eigenvalue weighted by atomic mass is 9.88. The van der Waals surface area contributed by atoms with E-state index in [1.807, 2.05) is 0 Å². The lowest BCUT2D eigenvalue weighted by molar-refractivity contribution is 0.372. The summed E-state index contributed by atoms with van der Waals surface area (Å²) in [4.78, 5) is 0. The predicted molar refractivity (Wildman–Crippen MR) is 70.2 cm³/mol. The molecule has 1 fully saturated rings. The number of piperidine rings is 1. The van der Waals surface area contributed by atoms with Gasteiger partial charge in [0.05, 0.1) is 0 Å². The highest BCUT2D eigenvalue weighted by Gasteiger charge is 2.15. The number of hydrogen-bond donors (Lipinski definition) is 1. The first-order valence-corrected chi connectivity index (χ1v) is 6.51. The van der Waals surface area contributed by atoms with Crippen LogP contribution in [0.5, 0.6) is 0 Å². The van der Waals surface area contributed by atoms with Crippen molar-refractivity contribution < 1.29 is 0 Å². The highest BCUT2D eigenvalue weighted by Crippen LogP contribution is 2.25. The zero-order valence-corrected chi connectivity index (χ0v) is 10.9. The van der Waals surface area contributed by atoms with E-state index in [1.54, 1.807) is 0 Å². The summed E-state index contributed by atoms with van der Waals surface area (Å²) in [5.41, 5.74) is 4.18. The van der Waals surface area contributed by atoms with Gasteiger partial charge in [0, 0.05) is 5.02 Å². The molecule has 1 aliphatic heterocycles. The van der Waals surface area contributed by atoms with Gasteiger partial charge in [-0.25, -0.2) is 0 Å². The molecule has 0 radical (unpaired) electrons. The third kappa shape index (κ3) is 2.78. The van der Waals surface area contributed by atoms with Crippen LogP contribution >= 0.6 is 11.6 Å². The van der Waals surface area contributed by atoms with E-state index in [0.29, 0.717) is 0 Å². The monoisotopic (exact) mass is 237 g/mol. The molecule has 1 aromatic carbocycles. The Morgan fingerprint density at radius 3 is 2.62 bits per heavy atom. The van der Waals surface area contributed by atoms with Crippen LogP contribution in [-0.2, 0) is 6.42 Å². The van der Waals surface area contributed by atoms with Crippen LogP contribution in [0.25, 0.3) is 0 Å². The van der Waals surface area contributed by atoms with E-state index >= 15 is 0 Å². The predicted octanol–water partition coefficient (Wildman–Crippen LogP) is 3.50. The Bertz CT molecular complexity index is 367. The standard InChI is InChI=1S/C14H20ClN/c1-10-7-14(15)9-13(11(10)2)8-12-3-5-16-6-4-12/h7,9,12,16H,3-6,8H2,1-2H3. The lowest BCUT2D eigenvalue weighted by Crippen LogP contribution is -2.28. The highest BCUT2D eigenvalue weighted by atomic mass is 35.5. The maximum absolute atomic E-state index is 6.13. The van der Waals surface area contributed by atoms with Crippen LogP contribution in [0.1, 0.15) is 29.5 Å². The Labute approximate surface area is 103 Å². The number of halogens is 1. The van der Waals surface area contributed by atoms with Crippen molar-refractivity contribution in [3.05, 3.63) is 33.8 Å². The molecule has 0 saturated carbocycles. The zero-order valence-electron chi connectivity index (χ0n) is 10.1. The third-order valence-electron chi connectivity index (χ3n) is 3.71. The van der Waals surface area contributed by atoms with Crippen molar-refractivity contribution in [3.8, 4) is 0 Å². The summed E-state index contributed by atoms with van der Waals surface area (Å²) >= 11 is 6.13. The lowest BCUT2D eigenvalue weighted by Gasteiger charge is -2.23. The van der Waals surface area contributed by atoms with Crippen molar-refractivity contribution in [2.75, 3.05) is 13.1 Å². The Hall–Kier alpha value is -0.530. The first kappa shape index (κ1) is 11.9. The fraction of sp³-hybridized carbons (Fsp3) is 0.571. The van der Waals surface area contributed by atoms with E-state index in [1.165, 1.54) is 49.0 Å². The van der Waals surface area contributed by atoms with Crippen molar-refractivity contribution in [1.29, 1.82) is 0 Å². The molecule has 2 heteroatoms. The van der Waals surface area contributed by atoms with Crippen LogP contribution in [0, 0.1) is 19.8 Å². The molecule has 16 heavy (non-hydrogen) atoms. The summed E-state index contributed by atoms with van der Waals surface area (Å²) in [5, 5.41) is 4.29. The molecule has 0 unspecified atom stereocenters. The number of nitrogens with one attached hydrogen (secondary N) is 1. The van der Waals surface area contributed by atoms with Gasteiger partial charge in [0.15, 0.2) is 0 Å². The van der Waals surface area contributed by atoms with Crippen LogP contribution in [0.4, 0.5) is 0 Å². The molecule has 2 rings (SSSR count). The molecule has 1 N–H and O–H groups in total. The maximum Gasteiger partial charge on any atom is 0.0411 e. The molecule has 0 spiro atoms. The number of hydrogen-bond acceptors (Lipinski definition) is 1. The third-order valence-corrected chi connectivity index (χ3v) is 3.93. The van der Waals surface area contributed by atoms with Crippen molar-refractivity contribution in [2.45, 2.75) is 33.1 Å². The summed E-state index contributed by atoms with van der Waals surface area (Å²) in [5.74, 6) is 0.831. The van der Waals surface area contributed by atoms with Crippen LogP contribution in [0.2, 0.25) is 5.02 Å². The average Bonchev–Trinajstić information content (AvgIpc) is 2.27. The topological polar surface area (TPSA) is 12.0 Å². The van der Waals surface area contributed by atoms with Gasteiger partial charge in [0.1, 0.15) is 0 Å². The van der Waals surface area contributed by atoms with Crippen molar-refractivity contribution in [1.82, 2.24) is 5.32 Å².